The van der Waals surface area contributed by atoms with Crippen molar-refractivity contribution in [2.45, 2.75) is 6.04 Å². The molecule has 1 unspecified atom stereocenters. The third-order valence-corrected chi connectivity index (χ3v) is 1.34. The molecule has 7 heteroatoms. The van der Waals surface area contributed by atoms with E-state index in [1.807, 2.05) is 0 Å². The Kier molecular flexibility index (Phi) is 2.13. The molecule has 0 aliphatic carbocycles. The highest BCUT2D eigenvalue weighted by Crippen LogP contribution is 1.91. The predicted molar refractivity (Wildman–Crippen MR) is 43.5 cm³/mol. The van der Waals surface area contributed by atoms with E-state index in [0.29, 0.717) is 0 Å². The number of guanidine groups is 2. The van der Waals surface area contributed by atoms with Crippen LogP contribution in [-0.2, 0) is 4.79 Å². The van der Waals surface area contributed by atoms with E-state index in [2.05, 4.69) is 15.6 Å². The SMILES string of the molecule is N=C1NC(=O)C(CN=C(N)N)N1. The van der Waals surface area contributed by atoms with Crippen molar-refractivity contribution in [1.29, 1.82) is 5.41 Å². The van der Waals surface area contributed by atoms with Gasteiger partial charge < -0.3 is 16.8 Å². The molecule has 0 radical (unpaired) electrons. The summed E-state index contributed by atoms with van der Waals surface area (Å²) >= 11 is 0. The van der Waals surface area contributed by atoms with Gasteiger partial charge in [0.05, 0.1) is 6.54 Å². The molecule has 0 aromatic heterocycles. The fourth-order valence-corrected chi connectivity index (χ4v) is 0.811. The number of aliphatic imine (C=N–C) groups is 1. The van der Waals surface area contributed by atoms with Crippen molar-refractivity contribution < 1.29 is 4.79 Å². The first-order chi connectivity index (χ1) is 5.59. The Morgan fingerprint density at radius 3 is 2.75 bits per heavy atom. The van der Waals surface area contributed by atoms with E-state index in [9.17, 15) is 4.79 Å². The van der Waals surface area contributed by atoms with Gasteiger partial charge in [-0.2, -0.15) is 0 Å². The van der Waals surface area contributed by atoms with E-state index in [-0.39, 0.29) is 24.4 Å². The topological polar surface area (TPSA) is 129 Å². The average molecular weight is 170 g/mol. The van der Waals surface area contributed by atoms with Gasteiger partial charge in [0.1, 0.15) is 6.04 Å². The van der Waals surface area contributed by atoms with E-state index < -0.39 is 6.04 Å². The average Bonchev–Trinajstić information content (AvgIpc) is 2.26. The number of nitrogens with zero attached hydrogens (tertiary/aromatic N) is 1. The Morgan fingerprint density at radius 1 is 1.67 bits per heavy atom. The maximum atomic E-state index is 10.9. The van der Waals surface area contributed by atoms with Crippen LogP contribution in [0.2, 0.25) is 0 Å². The molecule has 1 aliphatic rings. The minimum Gasteiger partial charge on any atom is -0.370 e. The molecule has 12 heavy (non-hydrogen) atoms. The highest BCUT2D eigenvalue weighted by molar-refractivity contribution is 6.05. The summed E-state index contributed by atoms with van der Waals surface area (Å²) in [5.74, 6) is -0.371. The molecule has 1 saturated heterocycles. The number of amides is 1. The van der Waals surface area contributed by atoms with Gasteiger partial charge in [-0.1, -0.05) is 0 Å². The molecular weight excluding hydrogens is 160 g/mol. The van der Waals surface area contributed by atoms with Gasteiger partial charge in [-0.15, -0.1) is 0 Å². The Morgan fingerprint density at radius 2 is 2.33 bits per heavy atom. The van der Waals surface area contributed by atoms with Gasteiger partial charge >= 0.3 is 0 Å². The summed E-state index contributed by atoms with van der Waals surface area (Å²) in [5.41, 5.74) is 10.1. The van der Waals surface area contributed by atoms with E-state index >= 15 is 0 Å². The predicted octanol–water partition coefficient (Wildman–Crippen LogP) is -2.72. The highest BCUT2D eigenvalue weighted by atomic mass is 16.2. The number of carbonyl (C=O) groups is 1. The van der Waals surface area contributed by atoms with Crippen molar-refractivity contribution in [2.24, 2.45) is 16.5 Å². The smallest absolute Gasteiger partial charge is 0.251 e. The van der Waals surface area contributed by atoms with Gasteiger partial charge in [0, 0.05) is 0 Å². The summed E-state index contributed by atoms with van der Waals surface area (Å²) in [4.78, 5) is 14.6. The maximum Gasteiger partial charge on any atom is 0.251 e. The Balaban J connectivity index is 2.49. The molecule has 0 spiro atoms. The lowest BCUT2D eigenvalue weighted by atomic mass is 10.3. The minimum absolute atomic E-state index is 0.0178. The zero-order chi connectivity index (χ0) is 9.14. The lowest BCUT2D eigenvalue weighted by Gasteiger charge is -2.02. The van der Waals surface area contributed by atoms with Gasteiger partial charge in [0.25, 0.3) is 5.91 Å². The number of nitrogens with two attached hydrogens (primary N) is 2. The Hall–Kier alpha value is -1.79. The van der Waals surface area contributed by atoms with Gasteiger partial charge in [-0.05, 0) is 0 Å². The van der Waals surface area contributed by atoms with Crippen LogP contribution in [0, 0.1) is 5.41 Å². The molecule has 1 fully saturated rings. The number of rotatable bonds is 2. The van der Waals surface area contributed by atoms with E-state index in [4.69, 9.17) is 16.9 Å². The lowest BCUT2D eigenvalue weighted by molar-refractivity contribution is -0.119. The molecule has 1 amide bonds. The molecule has 7 N–H and O–H groups in total. The minimum atomic E-state index is -0.528. The number of nitrogens with one attached hydrogen (secondary N) is 3. The molecule has 1 atom stereocenters. The summed E-state index contributed by atoms with van der Waals surface area (Å²) < 4.78 is 0. The van der Waals surface area contributed by atoms with Crippen LogP contribution < -0.4 is 22.1 Å². The van der Waals surface area contributed by atoms with Crippen LogP contribution in [0.4, 0.5) is 0 Å². The standard InChI is InChI=1S/C5H10N6O/c6-4(7)9-1-2-3(12)11-5(8)10-2/h2H,1H2,(H4,6,7,9)(H3,8,10,11,12). The van der Waals surface area contributed by atoms with E-state index in [0.717, 1.165) is 0 Å². The Bertz CT molecular complexity index is 242. The fourth-order valence-electron chi connectivity index (χ4n) is 0.811. The molecule has 0 aromatic carbocycles. The van der Waals surface area contributed by atoms with Crippen molar-refractivity contribution in [2.75, 3.05) is 6.54 Å². The molecule has 1 rings (SSSR count). The van der Waals surface area contributed by atoms with Crippen molar-refractivity contribution in [1.82, 2.24) is 10.6 Å². The van der Waals surface area contributed by atoms with Gasteiger partial charge in [0.2, 0.25) is 0 Å². The van der Waals surface area contributed by atoms with Gasteiger partial charge in [-0.3, -0.25) is 20.5 Å². The molecular formula is C5H10N6O. The van der Waals surface area contributed by atoms with Crippen LogP contribution in [0.1, 0.15) is 0 Å². The monoisotopic (exact) mass is 170 g/mol. The molecule has 66 valence electrons. The van der Waals surface area contributed by atoms with Crippen LogP contribution in [-0.4, -0.2) is 30.4 Å². The highest BCUT2D eigenvalue weighted by Gasteiger charge is 2.26. The first kappa shape index (κ1) is 8.31. The first-order valence-corrected chi connectivity index (χ1v) is 3.31. The quantitative estimate of drug-likeness (QED) is 0.228. The second-order valence-electron chi connectivity index (χ2n) is 2.33. The lowest BCUT2D eigenvalue weighted by Crippen LogP contribution is -2.34. The maximum absolute atomic E-state index is 10.9. The van der Waals surface area contributed by atoms with Crippen LogP contribution in [0.15, 0.2) is 4.99 Å². The van der Waals surface area contributed by atoms with E-state index in [1.165, 1.54) is 0 Å². The van der Waals surface area contributed by atoms with Gasteiger partial charge in [-0.25, -0.2) is 0 Å². The van der Waals surface area contributed by atoms with E-state index in [1.54, 1.807) is 0 Å². The molecule has 0 bridgehead atoms. The first-order valence-electron chi connectivity index (χ1n) is 3.31. The Labute approximate surface area is 68.7 Å². The number of hydrogen-bond donors (Lipinski definition) is 5. The van der Waals surface area contributed by atoms with Crippen molar-refractivity contribution >= 4 is 17.8 Å². The van der Waals surface area contributed by atoms with Crippen molar-refractivity contribution in [3.63, 3.8) is 0 Å². The second-order valence-corrected chi connectivity index (χ2v) is 2.33. The summed E-state index contributed by atoms with van der Waals surface area (Å²) in [6, 6.07) is -0.528. The number of hydrogen-bond acceptors (Lipinski definition) is 3. The molecule has 7 nitrogen and oxygen atoms in total. The van der Waals surface area contributed by atoms with Crippen molar-refractivity contribution in [3.05, 3.63) is 0 Å². The zero-order valence-corrected chi connectivity index (χ0v) is 6.29. The molecule has 0 saturated carbocycles. The molecule has 1 aliphatic heterocycles. The third-order valence-electron chi connectivity index (χ3n) is 1.34. The summed E-state index contributed by atoms with van der Waals surface area (Å²) in [6.45, 7) is 0.149. The van der Waals surface area contributed by atoms with Crippen LogP contribution in [0.3, 0.4) is 0 Å². The van der Waals surface area contributed by atoms with Crippen LogP contribution >= 0.6 is 0 Å². The number of carbonyl (C=O) groups excluding carboxylic acids is 1. The summed E-state index contributed by atoms with van der Waals surface area (Å²) in [6.07, 6.45) is 0. The van der Waals surface area contributed by atoms with Crippen LogP contribution in [0.25, 0.3) is 0 Å². The fraction of sp³-hybridized carbons (Fsp3) is 0.400. The van der Waals surface area contributed by atoms with Crippen LogP contribution in [0.5, 0.6) is 0 Å². The zero-order valence-electron chi connectivity index (χ0n) is 6.29. The normalized spacial score (nSPS) is 21.5. The third kappa shape index (κ3) is 1.84. The summed E-state index contributed by atoms with van der Waals surface area (Å²) in [5, 5.41) is 11.9. The van der Waals surface area contributed by atoms with Crippen molar-refractivity contribution in [3.8, 4) is 0 Å². The summed E-state index contributed by atoms with van der Waals surface area (Å²) in [7, 11) is 0. The largest absolute Gasteiger partial charge is 0.370 e. The van der Waals surface area contributed by atoms with Gasteiger partial charge in [0.15, 0.2) is 11.9 Å². The molecule has 0 aromatic rings. The molecule has 1 heterocycles. The second kappa shape index (κ2) is 3.07.